The molecule has 0 saturated carbocycles. The largest absolute Gasteiger partial charge is 0.370 e. The van der Waals surface area contributed by atoms with Crippen molar-refractivity contribution in [1.82, 2.24) is 14.6 Å². The number of hydrogen-bond acceptors (Lipinski definition) is 5. The Kier molecular flexibility index (Phi) is 3.92. The van der Waals surface area contributed by atoms with E-state index in [1.165, 1.54) is 12.1 Å². The normalized spacial score (nSPS) is 14.5. The Morgan fingerprint density at radius 1 is 1.24 bits per heavy atom. The molecule has 0 saturated heterocycles. The Morgan fingerprint density at radius 2 is 2.04 bits per heavy atom. The Balaban J connectivity index is 2.01. The lowest BCUT2D eigenvalue weighted by Gasteiger charge is -2.15. The summed E-state index contributed by atoms with van der Waals surface area (Å²) in [5, 5.41) is 7.76. The molecular weight excluding hydrogens is 360 g/mol. The SMILES string of the molecule is CNc1nn2c3c(cnc2c1S(=O)(=O)c1cccc(Cl)c1)CCCC3. The minimum absolute atomic E-state index is 0.0886. The van der Waals surface area contributed by atoms with Crippen LogP contribution in [0.2, 0.25) is 5.02 Å². The fourth-order valence-electron chi connectivity index (χ4n) is 3.29. The highest BCUT2D eigenvalue weighted by atomic mass is 35.5. The summed E-state index contributed by atoms with van der Waals surface area (Å²) >= 11 is 5.98. The maximum Gasteiger partial charge on any atom is 0.214 e. The van der Waals surface area contributed by atoms with Crippen LogP contribution in [0.1, 0.15) is 24.1 Å². The van der Waals surface area contributed by atoms with Crippen molar-refractivity contribution in [2.24, 2.45) is 0 Å². The number of anilines is 1. The molecule has 4 rings (SSSR count). The molecule has 2 heterocycles. The van der Waals surface area contributed by atoms with E-state index >= 15 is 0 Å². The Labute approximate surface area is 150 Å². The molecule has 2 aromatic heterocycles. The molecule has 0 radical (unpaired) electrons. The van der Waals surface area contributed by atoms with E-state index in [0.717, 1.165) is 36.9 Å². The van der Waals surface area contributed by atoms with Crippen LogP contribution in [0.4, 0.5) is 5.82 Å². The van der Waals surface area contributed by atoms with E-state index in [0.29, 0.717) is 16.5 Å². The van der Waals surface area contributed by atoms with Crippen molar-refractivity contribution < 1.29 is 8.42 Å². The third-order valence-corrected chi connectivity index (χ3v) is 6.53. The molecule has 0 atom stereocenters. The van der Waals surface area contributed by atoms with Crippen molar-refractivity contribution in [3.05, 3.63) is 46.7 Å². The summed E-state index contributed by atoms with van der Waals surface area (Å²) in [6.07, 6.45) is 5.78. The van der Waals surface area contributed by atoms with Gasteiger partial charge in [-0.1, -0.05) is 17.7 Å². The average Bonchev–Trinajstić information content (AvgIpc) is 3.01. The highest BCUT2D eigenvalue weighted by Gasteiger charge is 2.30. The quantitative estimate of drug-likeness (QED) is 0.759. The smallest absolute Gasteiger partial charge is 0.214 e. The zero-order chi connectivity index (χ0) is 17.6. The molecule has 1 aliphatic carbocycles. The van der Waals surface area contributed by atoms with Crippen LogP contribution in [0.15, 0.2) is 40.3 Å². The molecule has 1 aliphatic rings. The van der Waals surface area contributed by atoms with E-state index in [1.54, 1.807) is 29.9 Å². The van der Waals surface area contributed by atoms with Crippen molar-refractivity contribution >= 4 is 32.9 Å². The van der Waals surface area contributed by atoms with Crippen molar-refractivity contribution in [3.8, 4) is 0 Å². The minimum Gasteiger partial charge on any atom is -0.370 e. The number of halogens is 1. The van der Waals surface area contributed by atoms with E-state index in [-0.39, 0.29) is 9.79 Å². The van der Waals surface area contributed by atoms with Crippen LogP contribution >= 0.6 is 11.6 Å². The van der Waals surface area contributed by atoms with E-state index in [9.17, 15) is 8.42 Å². The summed E-state index contributed by atoms with van der Waals surface area (Å²) in [4.78, 5) is 4.64. The van der Waals surface area contributed by atoms with Gasteiger partial charge in [-0.25, -0.2) is 17.9 Å². The summed E-state index contributed by atoms with van der Waals surface area (Å²) < 4.78 is 28.1. The van der Waals surface area contributed by atoms with Gasteiger partial charge in [-0.15, -0.1) is 5.10 Å². The number of rotatable bonds is 3. The van der Waals surface area contributed by atoms with Crippen LogP contribution in [0, 0.1) is 0 Å². The monoisotopic (exact) mass is 376 g/mol. The summed E-state index contributed by atoms with van der Waals surface area (Å²) in [6.45, 7) is 0. The molecule has 130 valence electrons. The van der Waals surface area contributed by atoms with Gasteiger partial charge in [0.1, 0.15) is 0 Å². The Morgan fingerprint density at radius 3 is 2.80 bits per heavy atom. The lowest BCUT2D eigenvalue weighted by molar-refractivity contribution is 0.597. The fraction of sp³-hybridized carbons (Fsp3) is 0.294. The summed E-state index contributed by atoms with van der Waals surface area (Å²) in [5.74, 6) is 0.298. The lowest BCUT2D eigenvalue weighted by Crippen LogP contribution is -2.11. The van der Waals surface area contributed by atoms with Gasteiger partial charge in [0.15, 0.2) is 16.4 Å². The molecular formula is C17H17ClN4O2S. The molecule has 0 unspecified atom stereocenters. The molecule has 1 aromatic carbocycles. The second kappa shape index (κ2) is 6.00. The topological polar surface area (TPSA) is 76.4 Å². The van der Waals surface area contributed by atoms with Crippen molar-refractivity contribution in [2.75, 3.05) is 12.4 Å². The first kappa shape index (κ1) is 16.4. The maximum absolute atomic E-state index is 13.2. The van der Waals surface area contributed by atoms with E-state index < -0.39 is 9.84 Å². The lowest BCUT2D eigenvalue weighted by atomic mass is 9.97. The van der Waals surface area contributed by atoms with Gasteiger partial charge in [0.05, 0.1) is 4.90 Å². The van der Waals surface area contributed by atoms with Gasteiger partial charge in [0.25, 0.3) is 0 Å². The second-order valence-electron chi connectivity index (χ2n) is 6.06. The summed E-state index contributed by atoms with van der Waals surface area (Å²) in [5.41, 5.74) is 2.53. The Hall–Kier alpha value is -2.12. The van der Waals surface area contributed by atoms with Gasteiger partial charge in [-0.05, 0) is 49.4 Å². The van der Waals surface area contributed by atoms with E-state index in [2.05, 4.69) is 15.4 Å². The fourth-order valence-corrected chi connectivity index (χ4v) is 5.10. The van der Waals surface area contributed by atoms with Crippen LogP contribution in [-0.2, 0) is 22.7 Å². The molecule has 0 bridgehead atoms. The molecule has 1 N–H and O–H groups in total. The second-order valence-corrected chi connectivity index (χ2v) is 8.38. The standard InChI is InChI=1S/C17H17ClN4O2S/c1-19-16-15(25(23,24)13-7-4-6-12(18)9-13)17-20-10-11-5-2-3-8-14(11)22(17)21-16/h4,6-7,9-10H,2-3,5,8H2,1H3,(H,19,21). The van der Waals surface area contributed by atoms with Crippen LogP contribution < -0.4 is 5.32 Å². The minimum atomic E-state index is -3.81. The predicted molar refractivity (Wildman–Crippen MR) is 96.1 cm³/mol. The molecule has 6 nitrogen and oxygen atoms in total. The van der Waals surface area contributed by atoms with Crippen LogP contribution in [-0.4, -0.2) is 30.1 Å². The molecule has 25 heavy (non-hydrogen) atoms. The van der Waals surface area contributed by atoms with Crippen molar-refractivity contribution in [3.63, 3.8) is 0 Å². The number of aromatic nitrogens is 3. The predicted octanol–water partition coefficient (Wildman–Crippen LogP) is 3.14. The highest BCUT2D eigenvalue weighted by molar-refractivity contribution is 7.91. The van der Waals surface area contributed by atoms with E-state index in [4.69, 9.17) is 11.6 Å². The van der Waals surface area contributed by atoms with E-state index in [1.807, 2.05) is 0 Å². The van der Waals surface area contributed by atoms with Gasteiger partial charge >= 0.3 is 0 Å². The van der Waals surface area contributed by atoms with Gasteiger partial charge < -0.3 is 5.32 Å². The average molecular weight is 377 g/mol. The molecule has 8 heteroatoms. The van der Waals surface area contributed by atoms with Gasteiger partial charge in [0.2, 0.25) is 9.84 Å². The number of hydrogen-bond donors (Lipinski definition) is 1. The molecule has 0 spiro atoms. The zero-order valence-corrected chi connectivity index (χ0v) is 15.2. The van der Waals surface area contributed by atoms with Crippen molar-refractivity contribution in [2.45, 2.75) is 35.5 Å². The number of nitrogens with zero attached hydrogens (tertiary/aromatic N) is 3. The first-order chi connectivity index (χ1) is 12.0. The number of sulfone groups is 1. The third-order valence-electron chi connectivity index (χ3n) is 4.51. The van der Waals surface area contributed by atoms with Gasteiger partial charge in [0, 0.05) is 24.0 Å². The van der Waals surface area contributed by atoms with Gasteiger partial charge in [-0.3, -0.25) is 0 Å². The number of benzene rings is 1. The van der Waals surface area contributed by atoms with Crippen LogP contribution in [0.5, 0.6) is 0 Å². The number of fused-ring (bicyclic) bond motifs is 3. The Bertz CT molecular complexity index is 1080. The molecule has 0 aliphatic heterocycles. The molecule has 3 aromatic rings. The van der Waals surface area contributed by atoms with Crippen LogP contribution in [0.3, 0.4) is 0 Å². The molecule has 0 amide bonds. The maximum atomic E-state index is 13.2. The number of aryl methyl sites for hydroxylation is 2. The van der Waals surface area contributed by atoms with Crippen LogP contribution in [0.25, 0.3) is 5.65 Å². The first-order valence-electron chi connectivity index (χ1n) is 8.10. The van der Waals surface area contributed by atoms with Crippen molar-refractivity contribution in [1.29, 1.82) is 0 Å². The summed E-state index contributed by atoms with van der Waals surface area (Å²) in [7, 11) is -2.15. The molecule has 0 fully saturated rings. The first-order valence-corrected chi connectivity index (χ1v) is 9.96. The van der Waals surface area contributed by atoms with Gasteiger partial charge in [-0.2, -0.15) is 0 Å². The zero-order valence-electron chi connectivity index (χ0n) is 13.7. The highest BCUT2D eigenvalue weighted by Crippen LogP contribution is 2.33. The number of nitrogens with one attached hydrogen (secondary N) is 1. The third kappa shape index (κ3) is 2.58. The summed E-state index contributed by atoms with van der Waals surface area (Å²) in [6, 6.07) is 6.24.